The van der Waals surface area contributed by atoms with E-state index in [9.17, 15) is 4.79 Å². The molecule has 5 rings (SSSR count). The molecular weight excluding hydrogens is 410 g/mol. The van der Waals surface area contributed by atoms with Crippen LogP contribution in [0.25, 0.3) is 21.0 Å². The molecular formula is C24H17N3O3S. The van der Waals surface area contributed by atoms with E-state index < -0.39 is 0 Å². The van der Waals surface area contributed by atoms with E-state index in [4.69, 9.17) is 9.15 Å². The maximum atomic E-state index is 13.6. The van der Waals surface area contributed by atoms with Crippen LogP contribution in [-0.4, -0.2) is 24.2 Å². The van der Waals surface area contributed by atoms with Crippen molar-refractivity contribution >= 4 is 49.6 Å². The number of hydrazone groups is 1. The molecule has 0 aliphatic carbocycles. The lowest BCUT2D eigenvalue weighted by Gasteiger charge is -2.15. The number of methoxy groups -OCH3 is 1. The summed E-state index contributed by atoms with van der Waals surface area (Å²) in [4.78, 5) is 18.3. The Hall–Kier alpha value is -3.97. The molecule has 0 radical (unpaired) electrons. The molecule has 0 bridgehead atoms. The first-order chi connectivity index (χ1) is 15.2. The number of benzene rings is 3. The number of hydrogen-bond donors (Lipinski definition) is 0. The molecule has 0 N–H and O–H groups in total. The highest BCUT2D eigenvalue weighted by molar-refractivity contribution is 7.22. The maximum absolute atomic E-state index is 13.6. The van der Waals surface area contributed by atoms with Gasteiger partial charge in [0.15, 0.2) is 0 Å². The molecule has 0 saturated heterocycles. The van der Waals surface area contributed by atoms with Gasteiger partial charge in [0.1, 0.15) is 11.5 Å². The van der Waals surface area contributed by atoms with Gasteiger partial charge in [-0.05, 0) is 47.2 Å². The number of ether oxygens (including phenoxy) is 1. The number of amides is 1. The normalized spacial score (nSPS) is 11.4. The number of nitrogens with zero attached hydrogens (tertiary/aromatic N) is 3. The van der Waals surface area contributed by atoms with E-state index in [2.05, 4.69) is 10.1 Å². The van der Waals surface area contributed by atoms with Gasteiger partial charge in [-0.1, -0.05) is 47.7 Å². The van der Waals surface area contributed by atoms with E-state index in [0.717, 1.165) is 26.7 Å². The fourth-order valence-electron chi connectivity index (χ4n) is 3.30. The zero-order chi connectivity index (χ0) is 21.2. The van der Waals surface area contributed by atoms with Crippen LogP contribution in [0.1, 0.15) is 16.1 Å². The van der Waals surface area contributed by atoms with E-state index >= 15 is 0 Å². The van der Waals surface area contributed by atoms with Crippen molar-refractivity contribution in [3.05, 3.63) is 90.4 Å². The largest absolute Gasteiger partial charge is 0.497 e. The highest BCUT2D eigenvalue weighted by Gasteiger charge is 2.23. The lowest BCUT2D eigenvalue weighted by Crippen LogP contribution is -2.25. The van der Waals surface area contributed by atoms with Gasteiger partial charge in [0, 0.05) is 5.56 Å². The molecule has 2 aromatic heterocycles. The number of aromatic nitrogens is 1. The third-order valence-corrected chi connectivity index (χ3v) is 5.82. The monoisotopic (exact) mass is 427 g/mol. The number of furan rings is 1. The molecule has 0 aliphatic rings. The summed E-state index contributed by atoms with van der Waals surface area (Å²) < 4.78 is 11.6. The number of carbonyl (C=O) groups excluding carboxylic acids is 1. The molecule has 0 saturated carbocycles. The average molecular weight is 427 g/mol. The first-order valence-corrected chi connectivity index (χ1v) is 10.4. The molecule has 31 heavy (non-hydrogen) atoms. The third-order valence-electron chi connectivity index (χ3n) is 4.82. The zero-order valence-electron chi connectivity index (χ0n) is 16.6. The van der Waals surface area contributed by atoms with Crippen LogP contribution in [0.5, 0.6) is 5.75 Å². The van der Waals surface area contributed by atoms with E-state index in [1.54, 1.807) is 31.6 Å². The highest BCUT2D eigenvalue weighted by atomic mass is 32.1. The number of anilines is 1. The number of thiazole rings is 1. The summed E-state index contributed by atoms with van der Waals surface area (Å²) in [5, 5.41) is 8.06. The molecule has 0 aliphatic heterocycles. The Bertz CT molecular complexity index is 1400. The Morgan fingerprint density at radius 1 is 1.10 bits per heavy atom. The fourth-order valence-corrected chi connectivity index (χ4v) is 4.25. The second-order valence-electron chi connectivity index (χ2n) is 6.73. The first kappa shape index (κ1) is 19.0. The van der Waals surface area contributed by atoms with E-state index in [0.29, 0.717) is 16.5 Å². The summed E-state index contributed by atoms with van der Waals surface area (Å²) in [6.45, 7) is 0. The molecule has 0 fully saturated rings. The van der Waals surface area contributed by atoms with E-state index in [1.807, 2.05) is 54.6 Å². The predicted molar refractivity (Wildman–Crippen MR) is 123 cm³/mol. The second kappa shape index (κ2) is 8.04. The average Bonchev–Trinajstić information content (AvgIpc) is 3.48. The van der Waals surface area contributed by atoms with Crippen LogP contribution in [0, 0.1) is 0 Å². The number of fused-ring (bicyclic) bond motifs is 2. The Morgan fingerprint density at radius 2 is 1.97 bits per heavy atom. The maximum Gasteiger partial charge on any atom is 0.281 e. The summed E-state index contributed by atoms with van der Waals surface area (Å²) in [6.07, 6.45) is 3.07. The van der Waals surface area contributed by atoms with Gasteiger partial charge in [0.05, 0.1) is 29.8 Å². The molecule has 152 valence electrons. The number of carbonyl (C=O) groups is 1. The van der Waals surface area contributed by atoms with Crippen molar-refractivity contribution in [2.75, 3.05) is 12.1 Å². The molecule has 5 aromatic rings. The highest BCUT2D eigenvalue weighted by Crippen LogP contribution is 2.33. The van der Waals surface area contributed by atoms with Crippen LogP contribution in [-0.2, 0) is 0 Å². The van der Waals surface area contributed by atoms with Crippen molar-refractivity contribution in [3.63, 3.8) is 0 Å². The minimum Gasteiger partial charge on any atom is -0.497 e. The minimum atomic E-state index is -0.273. The first-order valence-electron chi connectivity index (χ1n) is 9.57. The van der Waals surface area contributed by atoms with Gasteiger partial charge in [-0.3, -0.25) is 4.79 Å². The smallest absolute Gasteiger partial charge is 0.281 e. The Kier molecular flexibility index (Phi) is 4.93. The van der Waals surface area contributed by atoms with Gasteiger partial charge in [-0.25, -0.2) is 4.98 Å². The molecule has 0 atom stereocenters. The zero-order valence-corrected chi connectivity index (χ0v) is 17.4. The molecule has 0 spiro atoms. The van der Waals surface area contributed by atoms with Crippen LogP contribution >= 0.6 is 11.3 Å². The second-order valence-corrected chi connectivity index (χ2v) is 7.74. The SMILES string of the molecule is COc1ccc2nc(N(/N=C/c3ccco3)C(=O)c3cccc4ccccc34)sc2c1. The van der Waals surface area contributed by atoms with Gasteiger partial charge in [-0.2, -0.15) is 10.1 Å². The van der Waals surface area contributed by atoms with Crippen molar-refractivity contribution in [1.82, 2.24) is 4.98 Å². The van der Waals surface area contributed by atoms with Crippen molar-refractivity contribution in [1.29, 1.82) is 0 Å². The summed E-state index contributed by atoms with van der Waals surface area (Å²) in [6, 6.07) is 22.6. The molecule has 3 aromatic carbocycles. The Balaban J connectivity index is 1.62. The third kappa shape index (κ3) is 3.67. The van der Waals surface area contributed by atoms with E-state index in [1.165, 1.54) is 22.6 Å². The fraction of sp³-hybridized carbons (Fsp3) is 0.0417. The summed E-state index contributed by atoms with van der Waals surface area (Å²) >= 11 is 1.37. The number of hydrogen-bond acceptors (Lipinski definition) is 6. The lowest BCUT2D eigenvalue weighted by atomic mass is 10.0. The van der Waals surface area contributed by atoms with Crippen molar-refractivity contribution in [2.45, 2.75) is 0 Å². The van der Waals surface area contributed by atoms with Crippen molar-refractivity contribution in [2.24, 2.45) is 5.10 Å². The van der Waals surface area contributed by atoms with Gasteiger partial charge in [0.25, 0.3) is 5.91 Å². The quantitative estimate of drug-likeness (QED) is 0.265. The van der Waals surface area contributed by atoms with Crippen molar-refractivity contribution in [3.8, 4) is 5.75 Å². The minimum absolute atomic E-state index is 0.273. The molecule has 0 unspecified atom stereocenters. The van der Waals surface area contributed by atoms with Crippen LogP contribution in [0.15, 0.2) is 88.6 Å². The van der Waals surface area contributed by atoms with Gasteiger partial charge in [-0.15, -0.1) is 0 Å². The van der Waals surface area contributed by atoms with Crippen molar-refractivity contribution < 1.29 is 13.9 Å². The topological polar surface area (TPSA) is 67.9 Å². The Morgan fingerprint density at radius 3 is 2.81 bits per heavy atom. The predicted octanol–water partition coefficient (Wildman–Crippen LogP) is 5.73. The van der Waals surface area contributed by atoms with Crippen LogP contribution < -0.4 is 9.75 Å². The lowest BCUT2D eigenvalue weighted by molar-refractivity contribution is 0.0989. The van der Waals surface area contributed by atoms with Crippen LogP contribution in [0.2, 0.25) is 0 Å². The van der Waals surface area contributed by atoms with Gasteiger partial charge in [0.2, 0.25) is 5.13 Å². The van der Waals surface area contributed by atoms with Gasteiger partial charge < -0.3 is 9.15 Å². The molecule has 2 heterocycles. The van der Waals surface area contributed by atoms with Crippen LogP contribution in [0.4, 0.5) is 5.13 Å². The summed E-state index contributed by atoms with van der Waals surface area (Å²) in [5.41, 5.74) is 1.32. The van der Waals surface area contributed by atoms with E-state index in [-0.39, 0.29) is 5.91 Å². The molecule has 1 amide bonds. The number of rotatable bonds is 5. The molecule has 7 heteroatoms. The standard InChI is InChI=1S/C24H17N3O3S/c1-29-17-11-12-21-22(14-17)31-24(26-21)27(25-15-18-8-5-13-30-18)23(28)20-10-4-7-16-6-2-3-9-19(16)20/h2-15H,1H3/b25-15+. The molecule has 6 nitrogen and oxygen atoms in total. The van der Waals surface area contributed by atoms with Crippen LogP contribution in [0.3, 0.4) is 0 Å². The summed E-state index contributed by atoms with van der Waals surface area (Å²) in [7, 11) is 1.62. The summed E-state index contributed by atoms with van der Waals surface area (Å²) in [5.74, 6) is 0.998. The van der Waals surface area contributed by atoms with Gasteiger partial charge >= 0.3 is 0 Å². The Labute approximate surface area is 182 Å².